The van der Waals surface area contributed by atoms with E-state index in [0.29, 0.717) is 12.0 Å². The lowest BCUT2D eigenvalue weighted by molar-refractivity contribution is 0.569. The molecule has 0 spiro atoms. The van der Waals surface area contributed by atoms with Crippen molar-refractivity contribution in [2.75, 3.05) is 12.0 Å². The van der Waals surface area contributed by atoms with Crippen LogP contribution < -0.4 is 5.73 Å². The fraction of sp³-hybridized carbons (Fsp3) is 0.455. The second kappa shape index (κ2) is 5.80. The smallest absolute Gasteiger partial charge is 0.147 e. The predicted molar refractivity (Wildman–Crippen MR) is 67.4 cm³/mol. The van der Waals surface area contributed by atoms with Gasteiger partial charge in [-0.1, -0.05) is 23.7 Å². The Morgan fingerprint density at radius 1 is 1.47 bits per heavy atom. The van der Waals surface area contributed by atoms with Crippen molar-refractivity contribution in [3.8, 4) is 0 Å². The molecule has 0 amide bonds. The highest BCUT2D eigenvalue weighted by atomic mass is 35.5. The van der Waals surface area contributed by atoms with Crippen molar-refractivity contribution in [1.29, 1.82) is 0 Å². The molecule has 0 heterocycles. The van der Waals surface area contributed by atoms with Gasteiger partial charge in [-0.05, 0) is 24.5 Å². The third kappa shape index (κ3) is 5.02. The molecule has 1 aromatic carbocycles. The molecule has 0 saturated carbocycles. The van der Waals surface area contributed by atoms with Gasteiger partial charge in [-0.3, -0.25) is 0 Å². The Balaban J connectivity index is 2.62. The van der Waals surface area contributed by atoms with Crippen LogP contribution in [-0.2, 0) is 16.3 Å². The van der Waals surface area contributed by atoms with E-state index in [1.807, 2.05) is 0 Å². The number of hydrogen-bond acceptors (Lipinski definition) is 3. The highest BCUT2D eigenvalue weighted by molar-refractivity contribution is 7.90. The fourth-order valence-electron chi connectivity index (χ4n) is 1.46. The molecule has 0 radical (unpaired) electrons. The van der Waals surface area contributed by atoms with Gasteiger partial charge in [-0.15, -0.1) is 0 Å². The molecule has 0 aliphatic heterocycles. The van der Waals surface area contributed by atoms with Crippen LogP contribution in [0, 0.1) is 5.82 Å². The molecular formula is C11H15ClFNO2S. The first kappa shape index (κ1) is 14.4. The average Bonchev–Trinajstić information content (AvgIpc) is 2.21. The minimum Gasteiger partial charge on any atom is -0.327 e. The summed E-state index contributed by atoms with van der Waals surface area (Å²) in [7, 11) is -3.03. The molecule has 0 fully saturated rings. The molecule has 0 aliphatic rings. The van der Waals surface area contributed by atoms with Crippen molar-refractivity contribution in [1.82, 2.24) is 0 Å². The summed E-state index contributed by atoms with van der Waals surface area (Å²) < 4.78 is 35.4. The van der Waals surface area contributed by atoms with E-state index in [-0.39, 0.29) is 17.2 Å². The van der Waals surface area contributed by atoms with Crippen molar-refractivity contribution < 1.29 is 12.8 Å². The average molecular weight is 280 g/mol. The van der Waals surface area contributed by atoms with Crippen molar-refractivity contribution in [2.45, 2.75) is 18.9 Å². The van der Waals surface area contributed by atoms with Gasteiger partial charge in [-0.2, -0.15) is 0 Å². The molecule has 0 saturated heterocycles. The summed E-state index contributed by atoms with van der Waals surface area (Å²) in [6, 6.07) is 4.31. The van der Waals surface area contributed by atoms with Gasteiger partial charge in [0.05, 0.1) is 10.8 Å². The van der Waals surface area contributed by atoms with E-state index < -0.39 is 21.7 Å². The fourth-order valence-corrected chi connectivity index (χ4v) is 2.38. The zero-order chi connectivity index (χ0) is 13.1. The van der Waals surface area contributed by atoms with E-state index in [2.05, 4.69) is 0 Å². The molecule has 1 atom stereocenters. The van der Waals surface area contributed by atoms with Crippen LogP contribution in [0.1, 0.15) is 12.0 Å². The lowest BCUT2D eigenvalue weighted by Crippen LogP contribution is -2.26. The van der Waals surface area contributed by atoms with E-state index >= 15 is 0 Å². The Kier molecular flexibility index (Phi) is 4.91. The minimum absolute atomic E-state index is 0.0103. The van der Waals surface area contributed by atoms with E-state index in [9.17, 15) is 12.8 Å². The predicted octanol–water partition coefficient (Wildman–Crippen LogP) is 1.78. The number of rotatable bonds is 5. The Hall–Kier alpha value is -0.650. The van der Waals surface area contributed by atoms with E-state index in [1.54, 1.807) is 12.1 Å². The van der Waals surface area contributed by atoms with Crippen LogP contribution in [0.5, 0.6) is 0 Å². The Labute approximate surface area is 106 Å². The van der Waals surface area contributed by atoms with Crippen LogP contribution in [0.15, 0.2) is 18.2 Å². The molecule has 6 heteroatoms. The largest absolute Gasteiger partial charge is 0.327 e. The van der Waals surface area contributed by atoms with Gasteiger partial charge in [0.25, 0.3) is 0 Å². The molecular weight excluding hydrogens is 265 g/mol. The standard InChI is InChI=1S/C11H15ClFNO2S/c1-17(15,16)6-5-9(14)7-8-3-2-4-10(12)11(8)13/h2-4,9H,5-7,14H2,1H3. The molecule has 1 rings (SSSR count). The molecule has 3 nitrogen and oxygen atoms in total. The molecule has 1 aromatic rings. The lowest BCUT2D eigenvalue weighted by atomic mass is 10.0. The summed E-state index contributed by atoms with van der Waals surface area (Å²) in [6.45, 7) is 0. The maximum absolute atomic E-state index is 13.5. The summed E-state index contributed by atoms with van der Waals surface area (Å²) in [6.07, 6.45) is 1.74. The number of hydrogen-bond donors (Lipinski definition) is 1. The third-order valence-electron chi connectivity index (χ3n) is 2.37. The van der Waals surface area contributed by atoms with Gasteiger partial charge in [0.2, 0.25) is 0 Å². The Morgan fingerprint density at radius 3 is 2.71 bits per heavy atom. The molecule has 0 aromatic heterocycles. The molecule has 1 unspecified atom stereocenters. The summed E-state index contributed by atoms with van der Waals surface area (Å²) in [4.78, 5) is 0. The zero-order valence-electron chi connectivity index (χ0n) is 9.49. The lowest BCUT2D eigenvalue weighted by Gasteiger charge is -2.12. The highest BCUT2D eigenvalue weighted by Crippen LogP contribution is 2.19. The highest BCUT2D eigenvalue weighted by Gasteiger charge is 2.12. The molecule has 2 N–H and O–H groups in total. The van der Waals surface area contributed by atoms with Crippen molar-refractivity contribution in [3.63, 3.8) is 0 Å². The first-order chi connectivity index (χ1) is 7.79. The number of nitrogens with two attached hydrogens (primary N) is 1. The summed E-state index contributed by atoms with van der Waals surface area (Å²) in [5.74, 6) is -0.472. The molecule has 17 heavy (non-hydrogen) atoms. The topological polar surface area (TPSA) is 60.2 Å². The van der Waals surface area contributed by atoms with Crippen LogP contribution >= 0.6 is 11.6 Å². The zero-order valence-corrected chi connectivity index (χ0v) is 11.1. The summed E-state index contributed by atoms with van der Waals surface area (Å²) in [5.41, 5.74) is 6.17. The first-order valence-electron chi connectivity index (χ1n) is 5.16. The van der Waals surface area contributed by atoms with E-state index in [0.717, 1.165) is 6.26 Å². The van der Waals surface area contributed by atoms with E-state index in [4.69, 9.17) is 17.3 Å². The van der Waals surface area contributed by atoms with Crippen LogP contribution in [0.25, 0.3) is 0 Å². The van der Waals surface area contributed by atoms with E-state index in [1.165, 1.54) is 6.07 Å². The van der Waals surface area contributed by atoms with Gasteiger partial charge < -0.3 is 5.73 Å². The SMILES string of the molecule is CS(=O)(=O)CCC(N)Cc1cccc(Cl)c1F. The monoisotopic (exact) mass is 279 g/mol. The van der Waals surface area contributed by atoms with Crippen LogP contribution in [0.2, 0.25) is 5.02 Å². The van der Waals surface area contributed by atoms with Gasteiger partial charge >= 0.3 is 0 Å². The first-order valence-corrected chi connectivity index (χ1v) is 7.59. The summed E-state index contributed by atoms with van der Waals surface area (Å²) in [5, 5.41) is 0.0535. The Bertz CT molecular complexity index is 490. The van der Waals surface area contributed by atoms with Crippen LogP contribution in [-0.4, -0.2) is 26.5 Å². The number of benzene rings is 1. The Morgan fingerprint density at radius 2 is 2.12 bits per heavy atom. The second-order valence-corrected chi connectivity index (χ2v) is 6.76. The minimum atomic E-state index is -3.03. The summed E-state index contributed by atoms with van der Waals surface area (Å²) >= 11 is 5.64. The normalized spacial score (nSPS) is 13.6. The molecule has 96 valence electrons. The second-order valence-electron chi connectivity index (χ2n) is 4.10. The van der Waals surface area contributed by atoms with Crippen LogP contribution in [0.4, 0.5) is 4.39 Å². The van der Waals surface area contributed by atoms with Crippen molar-refractivity contribution >= 4 is 21.4 Å². The van der Waals surface area contributed by atoms with Crippen LogP contribution in [0.3, 0.4) is 0 Å². The number of sulfone groups is 1. The molecule has 0 bridgehead atoms. The van der Waals surface area contributed by atoms with Gasteiger partial charge in [0.15, 0.2) is 0 Å². The van der Waals surface area contributed by atoms with Gasteiger partial charge in [0.1, 0.15) is 15.7 Å². The third-order valence-corrected chi connectivity index (χ3v) is 3.64. The van der Waals surface area contributed by atoms with Gasteiger partial charge in [-0.25, -0.2) is 12.8 Å². The maximum Gasteiger partial charge on any atom is 0.147 e. The maximum atomic E-state index is 13.5. The number of halogens is 2. The molecule has 0 aliphatic carbocycles. The van der Waals surface area contributed by atoms with Crippen molar-refractivity contribution in [2.24, 2.45) is 5.73 Å². The quantitative estimate of drug-likeness (QED) is 0.894. The van der Waals surface area contributed by atoms with Crippen molar-refractivity contribution in [3.05, 3.63) is 34.6 Å². The van der Waals surface area contributed by atoms with Gasteiger partial charge in [0, 0.05) is 12.3 Å².